The summed E-state index contributed by atoms with van der Waals surface area (Å²) < 4.78 is 43.1. The topological polar surface area (TPSA) is 76.4 Å². The third-order valence-electron chi connectivity index (χ3n) is 4.21. The standard InChI is InChI=1S/C11H13F3N2O2.C11H21NS/c1-18-5-4-15-10-3-2-8(16-7-17)6-9(10)11(12,13)14;1-6-8(3)11(10(5)12)13-9(4)7-2/h2-3,6-7,15H,4-5H2,1H3,(H,16,17);7,10H,6,12H2,1-5H3/b;9-7-,11-8+. The number of rotatable bonds is 10. The fraction of sp³-hybridized carbons (Fsp3) is 0.500. The maximum Gasteiger partial charge on any atom is 0.418 e. The lowest BCUT2D eigenvalue weighted by molar-refractivity contribution is -0.137. The number of carbonyl (C=O) groups excluding carboxylic acids is 1. The van der Waals surface area contributed by atoms with Crippen LogP contribution in [0, 0.1) is 0 Å². The Morgan fingerprint density at radius 3 is 2.42 bits per heavy atom. The van der Waals surface area contributed by atoms with Crippen molar-refractivity contribution < 1.29 is 22.7 Å². The first-order valence-corrected chi connectivity index (χ1v) is 10.7. The van der Waals surface area contributed by atoms with E-state index in [0.717, 1.165) is 12.5 Å². The highest BCUT2D eigenvalue weighted by Crippen LogP contribution is 2.36. The van der Waals surface area contributed by atoms with Gasteiger partial charge in [-0.05, 0) is 57.2 Å². The molecule has 0 aliphatic carbocycles. The maximum absolute atomic E-state index is 12.8. The fourth-order valence-electron chi connectivity index (χ4n) is 2.35. The number of alkyl halides is 3. The van der Waals surface area contributed by atoms with Gasteiger partial charge in [0.1, 0.15) is 0 Å². The summed E-state index contributed by atoms with van der Waals surface area (Å²) in [7, 11) is 1.46. The molecule has 0 spiro atoms. The van der Waals surface area contributed by atoms with Crippen molar-refractivity contribution in [2.45, 2.75) is 53.3 Å². The second-order valence-electron chi connectivity index (χ2n) is 6.73. The zero-order valence-corrected chi connectivity index (χ0v) is 19.8. The van der Waals surface area contributed by atoms with E-state index in [-0.39, 0.29) is 24.0 Å². The number of anilines is 2. The van der Waals surface area contributed by atoms with Crippen molar-refractivity contribution in [3.8, 4) is 0 Å². The van der Waals surface area contributed by atoms with Crippen LogP contribution in [0.1, 0.15) is 46.6 Å². The smallest absolute Gasteiger partial charge is 0.383 e. The highest BCUT2D eigenvalue weighted by Gasteiger charge is 2.33. The number of allylic oxidation sites excluding steroid dienone is 3. The number of hydrogen-bond acceptors (Lipinski definition) is 5. The Morgan fingerprint density at radius 2 is 1.97 bits per heavy atom. The predicted octanol–water partition coefficient (Wildman–Crippen LogP) is 6.01. The molecule has 0 saturated carbocycles. The molecule has 31 heavy (non-hydrogen) atoms. The summed E-state index contributed by atoms with van der Waals surface area (Å²) in [5, 5.41) is 4.81. The first kappa shape index (κ1) is 29.0. The van der Waals surface area contributed by atoms with Crippen molar-refractivity contribution in [2.24, 2.45) is 5.73 Å². The normalized spacial score (nSPS) is 13.5. The number of hydrogen-bond donors (Lipinski definition) is 3. The Balaban J connectivity index is 0.000000615. The number of amides is 1. The van der Waals surface area contributed by atoms with Crippen molar-refractivity contribution >= 4 is 29.5 Å². The molecule has 1 atom stereocenters. The van der Waals surface area contributed by atoms with Crippen LogP contribution >= 0.6 is 11.8 Å². The number of benzene rings is 1. The maximum atomic E-state index is 12.8. The van der Waals surface area contributed by atoms with Crippen molar-refractivity contribution in [3.05, 3.63) is 45.2 Å². The molecule has 5 nitrogen and oxygen atoms in total. The summed E-state index contributed by atoms with van der Waals surface area (Å²) in [6, 6.07) is 3.69. The van der Waals surface area contributed by atoms with Gasteiger partial charge in [-0.1, -0.05) is 30.3 Å². The summed E-state index contributed by atoms with van der Waals surface area (Å²) in [4.78, 5) is 12.8. The highest BCUT2D eigenvalue weighted by molar-refractivity contribution is 8.06. The molecule has 1 aromatic carbocycles. The lowest BCUT2D eigenvalue weighted by Gasteiger charge is -2.15. The Kier molecular flexibility index (Phi) is 14.0. The van der Waals surface area contributed by atoms with Crippen LogP contribution < -0.4 is 16.4 Å². The van der Waals surface area contributed by atoms with Gasteiger partial charge in [-0.2, -0.15) is 13.2 Å². The van der Waals surface area contributed by atoms with Gasteiger partial charge in [-0.3, -0.25) is 4.79 Å². The Hall–Kier alpha value is -1.97. The summed E-state index contributed by atoms with van der Waals surface area (Å²) in [6.07, 6.45) is -0.958. The molecule has 1 unspecified atom stereocenters. The lowest BCUT2D eigenvalue weighted by atomic mass is 10.1. The van der Waals surface area contributed by atoms with Gasteiger partial charge >= 0.3 is 6.18 Å². The van der Waals surface area contributed by atoms with Gasteiger partial charge in [-0.15, -0.1) is 0 Å². The second-order valence-corrected chi connectivity index (χ2v) is 8.02. The average molecular weight is 462 g/mol. The molecule has 0 radical (unpaired) electrons. The molecule has 1 aromatic rings. The number of methoxy groups -OCH3 is 1. The van der Waals surface area contributed by atoms with E-state index in [4.69, 9.17) is 10.5 Å². The minimum atomic E-state index is -4.49. The monoisotopic (exact) mass is 461 g/mol. The van der Waals surface area contributed by atoms with Crippen LogP contribution in [0.5, 0.6) is 0 Å². The van der Waals surface area contributed by atoms with Gasteiger partial charge in [0.15, 0.2) is 0 Å². The molecule has 176 valence electrons. The van der Waals surface area contributed by atoms with E-state index in [2.05, 4.69) is 44.4 Å². The number of nitrogens with two attached hydrogens (primary N) is 1. The summed E-state index contributed by atoms with van der Waals surface area (Å²) in [5.41, 5.74) is 6.53. The third kappa shape index (κ3) is 11.3. The summed E-state index contributed by atoms with van der Waals surface area (Å²) in [5.74, 6) is 0. The highest BCUT2D eigenvalue weighted by atomic mass is 32.2. The van der Waals surface area contributed by atoms with Crippen LogP contribution in [0.3, 0.4) is 0 Å². The predicted molar refractivity (Wildman–Crippen MR) is 125 cm³/mol. The van der Waals surface area contributed by atoms with Gasteiger partial charge < -0.3 is 21.1 Å². The van der Waals surface area contributed by atoms with E-state index < -0.39 is 11.7 Å². The number of carbonyl (C=O) groups is 1. The van der Waals surface area contributed by atoms with E-state index in [1.807, 2.05) is 6.92 Å². The average Bonchev–Trinajstić information content (AvgIpc) is 2.72. The molecule has 0 fully saturated rings. The van der Waals surface area contributed by atoms with Crippen LogP contribution in [0.15, 0.2) is 39.7 Å². The Labute approximate surface area is 187 Å². The molecule has 4 N–H and O–H groups in total. The minimum Gasteiger partial charge on any atom is -0.383 e. The molecule has 0 aromatic heterocycles. The Morgan fingerprint density at radius 1 is 1.32 bits per heavy atom. The molecule has 0 bridgehead atoms. The van der Waals surface area contributed by atoms with Gasteiger partial charge in [0.25, 0.3) is 0 Å². The summed E-state index contributed by atoms with van der Waals surface area (Å²) in [6.45, 7) is 11.1. The van der Waals surface area contributed by atoms with Crippen LogP contribution in [-0.4, -0.2) is 32.7 Å². The van der Waals surface area contributed by atoms with Crippen LogP contribution in [0.25, 0.3) is 0 Å². The first-order chi connectivity index (χ1) is 14.5. The second kappa shape index (κ2) is 14.9. The van der Waals surface area contributed by atoms with Crippen LogP contribution in [-0.2, 0) is 15.7 Å². The molecule has 0 aliphatic heterocycles. The van der Waals surface area contributed by atoms with E-state index in [0.29, 0.717) is 13.0 Å². The number of nitrogens with one attached hydrogen (secondary N) is 2. The first-order valence-electron chi connectivity index (χ1n) is 9.91. The van der Waals surface area contributed by atoms with Gasteiger partial charge in [-0.25, -0.2) is 0 Å². The molecule has 0 heterocycles. The van der Waals surface area contributed by atoms with E-state index >= 15 is 0 Å². The van der Waals surface area contributed by atoms with Gasteiger partial charge in [0.2, 0.25) is 6.41 Å². The van der Waals surface area contributed by atoms with Crippen molar-refractivity contribution in [2.75, 3.05) is 30.9 Å². The quantitative estimate of drug-likeness (QED) is 0.294. The van der Waals surface area contributed by atoms with Crippen molar-refractivity contribution in [1.29, 1.82) is 0 Å². The Bertz CT molecular complexity index is 748. The van der Waals surface area contributed by atoms with E-state index in [9.17, 15) is 18.0 Å². The van der Waals surface area contributed by atoms with Gasteiger partial charge in [0.05, 0.1) is 12.2 Å². The molecule has 1 rings (SSSR count). The SMILES string of the molecule is C/C=C(/C)S/C(=C(\C)CC)C(C)N.COCCNc1ccc(NC=O)cc1C(F)(F)F. The molecule has 1 amide bonds. The summed E-state index contributed by atoms with van der Waals surface area (Å²) >= 11 is 1.80. The third-order valence-corrected chi connectivity index (χ3v) is 5.71. The lowest BCUT2D eigenvalue weighted by Crippen LogP contribution is -2.17. The number of thioether (sulfide) groups is 1. The fourth-order valence-corrected chi connectivity index (χ4v) is 3.32. The van der Waals surface area contributed by atoms with Gasteiger partial charge in [0, 0.05) is 36.0 Å². The molecule has 9 heteroatoms. The zero-order valence-electron chi connectivity index (χ0n) is 19.0. The molecule has 0 saturated heterocycles. The largest absolute Gasteiger partial charge is 0.418 e. The van der Waals surface area contributed by atoms with E-state index in [1.165, 1.54) is 34.6 Å². The molecular weight excluding hydrogens is 427 g/mol. The van der Waals surface area contributed by atoms with Crippen LogP contribution in [0.2, 0.25) is 0 Å². The van der Waals surface area contributed by atoms with Crippen molar-refractivity contribution in [3.63, 3.8) is 0 Å². The minimum absolute atomic E-state index is 0.0454. The van der Waals surface area contributed by atoms with Crippen molar-refractivity contribution in [1.82, 2.24) is 0 Å². The molecular formula is C22H34F3N3O2S. The number of halogens is 3. The van der Waals surface area contributed by atoms with Crippen LogP contribution in [0.4, 0.5) is 24.5 Å². The number of ether oxygens (including phenoxy) is 1. The zero-order chi connectivity index (χ0) is 24.0. The van der Waals surface area contributed by atoms with E-state index in [1.54, 1.807) is 11.8 Å². The molecule has 0 aliphatic rings.